The molecule has 0 aliphatic carbocycles. The van der Waals surface area contributed by atoms with Gasteiger partial charge in [-0.3, -0.25) is 14.9 Å². The Morgan fingerprint density at radius 1 is 1.44 bits per heavy atom. The molecule has 96 valence electrons. The van der Waals surface area contributed by atoms with E-state index in [0.29, 0.717) is 18.9 Å². The van der Waals surface area contributed by atoms with Crippen molar-refractivity contribution in [2.45, 2.75) is 13.8 Å². The molecule has 0 N–H and O–H groups in total. The Morgan fingerprint density at radius 2 is 2.17 bits per heavy atom. The first-order valence-electron chi connectivity index (χ1n) is 5.80. The highest BCUT2D eigenvalue weighted by atomic mass is 16.6. The summed E-state index contributed by atoms with van der Waals surface area (Å²) in [5, 5.41) is 11.0. The Bertz CT molecular complexity index is 501. The summed E-state index contributed by atoms with van der Waals surface area (Å²) in [6, 6.07) is 5.07. The molecule has 0 unspecified atom stereocenters. The van der Waals surface area contributed by atoms with Crippen molar-refractivity contribution in [1.29, 1.82) is 0 Å². The van der Waals surface area contributed by atoms with Crippen LogP contribution in [0.3, 0.4) is 0 Å². The quantitative estimate of drug-likeness (QED) is 0.602. The zero-order valence-corrected chi connectivity index (χ0v) is 10.4. The SMILES string of the molecule is CCN1CN(c2ccc(C)cc2[N+](=O)[O-])CC1=O. The van der Waals surface area contributed by atoms with Crippen LogP contribution in [0.25, 0.3) is 0 Å². The maximum absolute atomic E-state index is 11.7. The smallest absolute Gasteiger partial charge is 0.292 e. The maximum atomic E-state index is 11.7. The van der Waals surface area contributed by atoms with E-state index in [-0.39, 0.29) is 18.1 Å². The van der Waals surface area contributed by atoms with Crippen LogP contribution in [0.4, 0.5) is 11.4 Å². The Kier molecular flexibility index (Phi) is 3.18. The molecule has 0 spiro atoms. The molecule has 1 fully saturated rings. The lowest BCUT2D eigenvalue weighted by Crippen LogP contribution is -2.26. The fourth-order valence-electron chi connectivity index (χ4n) is 2.08. The molecule has 0 atom stereocenters. The van der Waals surface area contributed by atoms with E-state index in [2.05, 4.69) is 0 Å². The number of hydrogen-bond donors (Lipinski definition) is 0. The van der Waals surface area contributed by atoms with Crippen LogP contribution >= 0.6 is 0 Å². The Morgan fingerprint density at radius 3 is 2.72 bits per heavy atom. The number of amides is 1. The molecule has 0 bridgehead atoms. The largest absolute Gasteiger partial charge is 0.339 e. The predicted molar refractivity (Wildman–Crippen MR) is 67.4 cm³/mol. The molecule has 1 aliphatic heterocycles. The number of anilines is 1. The summed E-state index contributed by atoms with van der Waals surface area (Å²) < 4.78 is 0. The van der Waals surface area contributed by atoms with E-state index in [4.69, 9.17) is 0 Å². The first-order chi connectivity index (χ1) is 8.52. The van der Waals surface area contributed by atoms with Crippen molar-refractivity contribution in [3.05, 3.63) is 33.9 Å². The first-order valence-corrected chi connectivity index (χ1v) is 5.80. The van der Waals surface area contributed by atoms with Gasteiger partial charge >= 0.3 is 0 Å². The molecule has 1 aromatic rings. The number of benzene rings is 1. The predicted octanol–water partition coefficient (Wildman–Crippen LogP) is 1.53. The third kappa shape index (κ3) is 2.13. The number of hydrogen-bond acceptors (Lipinski definition) is 4. The minimum absolute atomic E-state index is 0.00683. The number of rotatable bonds is 3. The lowest BCUT2D eigenvalue weighted by Gasteiger charge is -2.18. The fraction of sp³-hybridized carbons (Fsp3) is 0.417. The lowest BCUT2D eigenvalue weighted by atomic mass is 10.2. The van der Waals surface area contributed by atoms with E-state index >= 15 is 0 Å². The van der Waals surface area contributed by atoms with Crippen LogP contribution in [-0.2, 0) is 4.79 Å². The third-order valence-corrected chi connectivity index (χ3v) is 3.07. The van der Waals surface area contributed by atoms with Gasteiger partial charge in [-0.2, -0.15) is 0 Å². The number of nitro benzene ring substituents is 1. The first kappa shape index (κ1) is 12.3. The fourth-order valence-corrected chi connectivity index (χ4v) is 2.08. The summed E-state index contributed by atoms with van der Waals surface area (Å²) in [4.78, 5) is 25.7. The van der Waals surface area contributed by atoms with Gasteiger partial charge < -0.3 is 9.80 Å². The number of likely N-dealkylation sites (N-methyl/N-ethyl adjacent to an activating group) is 1. The highest BCUT2D eigenvalue weighted by Crippen LogP contribution is 2.30. The summed E-state index contributed by atoms with van der Waals surface area (Å²) in [7, 11) is 0. The molecule has 6 heteroatoms. The number of nitrogens with zero attached hydrogens (tertiary/aromatic N) is 3. The average Bonchev–Trinajstić information content (AvgIpc) is 2.70. The van der Waals surface area contributed by atoms with Crippen molar-refractivity contribution in [3.63, 3.8) is 0 Å². The second-order valence-electron chi connectivity index (χ2n) is 4.34. The number of carbonyl (C=O) groups is 1. The Labute approximate surface area is 105 Å². The monoisotopic (exact) mass is 249 g/mol. The number of nitro groups is 1. The third-order valence-electron chi connectivity index (χ3n) is 3.07. The summed E-state index contributed by atoms with van der Waals surface area (Å²) in [6.07, 6.45) is 0. The molecule has 1 amide bonds. The Balaban J connectivity index is 2.35. The minimum Gasteiger partial charge on any atom is -0.339 e. The van der Waals surface area contributed by atoms with Crippen molar-refractivity contribution < 1.29 is 9.72 Å². The van der Waals surface area contributed by atoms with Crippen molar-refractivity contribution in [2.75, 3.05) is 24.7 Å². The van der Waals surface area contributed by atoms with Crippen molar-refractivity contribution in [1.82, 2.24) is 4.90 Å². The van der Waals surface area contributed by atoms with Crippen LogP contribution < -0.4 is 4.90 Å². The van der Waals surface area contributed by atoms with Gasteiger partial charge in [0.15, 0.2) is 0 Å². The van der Waals surface area contributed by atoms with Crippen molar-refractivity contribution in [3.8, 4) is 0 Å². The molecule has 2 rings (SSSR count). The van der Waals surface area contributed by atoms with E-state index in [1.54, 1.807) is 15.9 Å². The molecule has 1 aliphatic rings. The van der Waals surface area contributed by atoms with E-state index in [1.165, 1.54) is 6.07 Å². The zero-order valence-electron chi connectivity index (χ0n) is 10.4. The van der Waals surface area contributed by atoms with Gasteiger partial charge in [-0.1, -0.05) is 6.07 Å². The van der Waals surface area contributed by atoms with Crippen molar-refractivity contribution in [2.24, 2.45) is 0 Å². The normalized spacial score (nSPS) is 15.3. The van der Waals surface area contributed by atoms with Gasteiger partial charge in [0.1, 0.15) is 5.69 Å². The molecule has 1 heterocycles. The van der Waals surface area contributed by atoms with Gasteiger partial charge in [0.2, 0.25) is 5.91 Å². The molecule has 18 heavy (non-hydrogen) atoms. The molecular weight excluding hydrogens is 234 g/mol. The van der Waals surface area contributed by atoms with E-state index in [0.717, 1.165) is 5.56 Å². The number of carbonyl (C=O) groups excluding carboxylic acids is 1. The summed E-state index contributed by atoms with van der Waals surface area (Å²) in [5.41, 5.74) is 1.40. The lowest BCUT2D eigenvalue weighted by molar-refractivity contribution is -0.384. The van der Waals surface area contributed by atoms with Crippen LogP contribution in [0.2, 0.25) is 0 Å². The van der Waals surface area contributed by atoms with E-state index in [9.17, 15) is 14.9 Å². The molecule has 0 radical (unpaired) electrons. The summed E-state index contributed by atoms with van der Waals surface area (Å²) in [6.45, 7) is 4.95. The molecule has 0 saturated carbocycles. The average molecular weight is 249 g/mol. The maximum Gasteiger partial charge on any atom is 0.292 e. The molecular formula is C12H15N3O3. The van der Waals surface area contributed by atoms with E-state index in [1.807, 2.05) is 19.9 Å². The number of aryl methyl sites for hydroxylation is 1. The molecule has 6 nitrogen and oxygen atoms in total. The van der Waals surface area contributed by atoms with Crippen LogP contribution in [0, 0.1) is 17.0 Å². The highest BCUT2D eigenvalue weighted by molar-refractivity contribution is 5.86. The molecule has 0 aromatic heterocycles. The van der Waals surface area contributed by atoms with Crippen LogP contribution in [0.5, 0.6) is 0 Å². The topological polar surface area (TPSA) is 66.7 Å². The molecule has 1 aromatic carbocycles. The zero-order chi connectivity index (χ0) is 13.3. The highest BCUT2D eigenvalue weighted by Gasteiger charge is 2.30. The molecule has 1 saturated heterocycles. The Hall–Kier alpha value is -2.11. The van der Waals surface area contributed by atoms with E-state index < -0.39 is 4.92 Å². The van der Waals surface area contributed by atoms with Gasteiger partial charge in [0.05, 0.1) is 18.1 Å². The second-order valence-corrected chi connectivity index (χ2v) is 4.34. The van der Waals surface area contributed by atoms with Gasteiger partial charge in [-0.15, -0.1) is 0 Å². The minimum atomic E-state index is -0.401. The van der Waals surface area contributed by atoms with Gasteiger partial charge in [-0.25, -0.2) is 0 Å². The van der Waals surface area contributed by atoms with Crippen LogP contribution in [-0.4, -0.2) is 35.5 Å². The van der Waals surface area contributed by atoms with Crippen LogP contribution in [0.1, 0.15) is 12.5 Å². The van der Waals surface area contributed by atoms with Gasteiger partial charge in [-0.05, 0) is 25.5 Å². The standard InChI is InChI=1S/C12H15N3O3/c1-3-13-8-14(7-12(13)16)10-5-4-9(2)6-11(10)15(17)18/h4-6H,3,7-8H2,1-2H3. The van der Waals surface area contributed by atoms with Crippen molar-refractivity contribution >= 4 is 17.3 Å². The van der Waals surface area contributed by atoms with Gasteiger partial charge in [0.25, 0.3) is 5.69 Å². The van der Waals surface area contributed by atoms with Gasteiger partial charge in [0, 0.05) is 12.6 Å². The second kappa shape index (κ2) is 4.64. The summed E-state index contributed by atoms with van der Waals surface area (Å²) in [5.74, 6) is 0.00683. The summed E-state index contributed by atoms with van der Waals surface area (Å²) >= 11 is 0. The van der Waals surface area contributed by atoms with Crippen LogP contribution in [0.15, 0.2) is 18.2 Å².